The van der Waals surface area contributed by atoms with Gasteiger partial charge in [-0.05, 0) is 58.2 Å². The van der Waals surface area contributed by atoms with E-state index in [4.69, 9.17) is 10.7 Å². The van der Waals surface area contributed by atoms with Crippen molar-refractivity contribution >= 4 is 41.6 Å². The van der Waals surface area contributed by atoms with Crippen molar-refractivity contribution in [2.45, 2.75) is 52.0 Å². The number of aromatic nitrogens is 1. The Hall–Kier alpha value is -1.36. The van der Waals surface area contributed by atoms with E-state index in [9.17, 15) is 4.79 Å². The first-order valence-electron chi connectivity index (χ1n) is 8.23. The first-order valence-corrected chi connectivity index (χ1v) is 8.23. The van der Waals surface area contributed by atoms with Crippen molar-refractivity contribution in [2.75, 3.05) is 6.54 Å². The van der Waals surface area contributed by atoms with Gasteiger partial charge in [0.25, 0.3) is 5.91 Å². The molecular weight excluding hydrogens is 357 g/mol. The van der Waals surface area contributed by atoms with Gasteiger partial charge in [0.15, 0.2) is 0 Å². The van der Waals surface area contributed by atoms with Crippen LogP contribution in [-0.4, -0.2) is 23.0 Å². The Morgan fingerprint density at radius 1 is 1.24 bits per heavy atom. The Bertz CT molecular complexity index is 780. The van der Waals surface area contributed by atoms with Gasteiger partial charge in [-0.1, -0.05) is 11.6 Å². The molecule has 25 heavy (non-hydrogen) atoms. The van der Waals surface area contributed by atoms with Crippen molar-refractivity contribution in [1.29, 1.82) is 0 Å². The largest absolute Gasteiger partial charge is 0.350 e. The van der Waals surface area contributed by atoms with Crippen LogP contribution in [0.25, 0.3) is 10.9 Å². The van der Waals surface area contributed by atoms with E-state index in [2.05, 4.69) is 24.4 Å². The van der Waals surface area contributed by atoms with Crippen molar-refractivity contribution in [1.82, 2.24) is 10.3 Å². The Balaban J connectivity index is 0.00000156. The second kappa shape index (κ2) is 7.90. The zero-order valence-electron chi connectivity index (χ0n) is 15.2. The fourth-order valence-corrected chi connectivity index (χ4v) is 2.88. The normalized spacial score (nSPS) is 13.8. The number of rotatable bonds is 4. The number of hydrogen-bond acceptors (Lipinski definition) is 3. The van der Waals surface area contributed by atoms with Crippen LogP contribution in [0, 0.1) is 13.8 Å². The number of carbonyl (C=O) groups excluding carboxylic acids is 1. The predicted octanol–water partition coefficient (Wildman–Crippen LogP) is 4.04. The first-order chi connectivity index (χ1) is 10.7. The highest BCUT2D eigenvalue weighted by molar-refractivity contribution is 6.07. The van der Waals surface area contributed by atoms with Gasteiger partial charge in [-0.25, -0.2) is 0 Å². The quantitative estimate of drug-likeness (QED) is 0.836. The van der Waals surface area contributed by atoms with E-state index in [1.165, 1.54) is 12.8 Å². The number of fused-ring (bicyclic) bond motifs is 1. The van der Waals surface area contributed by atoms with Gasteiger partial charge in [0, 0.05) is 29.1 Å². The standard InChI is InChI=1S/C19H25N3O.2ClH/c1-11-7-12(2)17-14(8-11)15(9-16(22-17)13-5-6-13)18(23)21-10-19(3,4)20;;/h7-9,13H,5-6,10,20H2,1-4H3,(H,21,23);2*1H. The van der Waals surface area contributed by atoms with Crippen LogP contribution in [0.15, 0.2) is 18.2 Å². The number of amides is 1. The highest BCUT2D eigenvalue weighted by Crippen LogP contribution is 2.40. The minimum absolute atomic E-state index is 0. The van der Waals surface area contributed by atoms with Gasteiger partial charge in [0.05, 0.1) is 11.1 Å². The molecule has 138 valence electrons. The maximum atomic E-state index is 12.7. The molecule has 4 nitrogen and oxygen atoms in total. The van der Waals surface area contributed by atoms with Crippen LogP contribution in [0.1, 0.15) is 59.8 Å². The number of pyridine rings is 1. The van der Waals surface area contributed by atoms with Crippen molar-refractivity contribution < 1.29 is 4.79 Å². The van der Waals surface area contributed by atoms with E-state index in [1.54, 1.807) is 0 Å². The van der Waals surface area contributed by atoms with Crippen LogP contribution >= 0.6 is 24.8 Å². The molecule has 0 bridgehead atoms. The molecule has 1 aromatic heterocycles. The summed E-state index contributed by atoms with van der Waals surface area (Å²) in [6, 6.07) is 6.14. The Kier molecular flexibility index (Phi) is 6.85. The lowest BCUT2D eigenvalue weighted by Crippen LogP contribution is -2.45. The number of hydrogen-bond donors (Lipinski definition) is 2. The summed E-state index contributed by atoms with van der Waals surface area (Å²) in [5.74, 6) is 0.445. The van der Waals surface area contributed by atoms with Gasteiger partial charge in [-0.2, -0.15) is 0 Å². The van der Waals surface area contributed by atoms with E-state index in [0.29, 0.717) is 18.0 Å². The molecule has 0 spiro atoms. The van der Waals surface area contributed by atoms with Crippen molar-refractivity contribution in [3.8, 4) is 0 Å². The topological polar surface area (TPSA) is 68.0 Å². The second-order valence-corrected chi connectivity index (χ2v) is 7.52. The lowest BCUT2D eigenvalue weighted by molar-refractivity contribution is 0.0947. The van der Waals surface area contributed by atoms with Gasteiger partial charge in [0.1, 0.15) is 0 Å². The fourth-order valence-electron chi connectivity index (χ4n) is 2.88. The molecule has 0 saturated heterocycles. The molecular formula is C19H27Cl2N3O. The molecule has 3 N–H and O–H groups in total. The molecule has 1 heterocycles. The SMILES string of the molecule is Cc1cc(C)c2nc(C3CC3)cc(C(=O)NCC(C)(C)N)c2c1.Cl.Cl. The maximum absolute atomic E-state index is 12.7. The number of nitrogens with two attached hydrogens (primary N) is 1. The molecule has 3 rings (SSSR count). The molecule has 0 atom stereocenters. The van der Waals surface area contributed by atoms with Crippen LogP contribution in [0.2, 0.25) is 0 Å². The molecule has 0 aliphatic heterocycles. The van der Waals surface area contributed by atoms with Crippen LogP contribution in [0.3, 0.4) is 0 Å². The lowest BCUT2D eigenvalue weighted by Gasteiger charge is -2.19. The van der Waals surface area contributed by atoms with Crippen LogP contribution in [0.4, 0.5) is 0 Å². The summed E-state index contributed by atoms with van der Waals surface area (Å²) in [5, 5.41) is 3.89. The summed E-state index contributed by atoms with van der Waals surface area (Å²) >= 11 is 0. The zero-order chi connectivity index (χ0) is 16.8. The van der Waals surface area contributed by atoms with E-state index in [0.717, 1.165) is 27.7 Å². The summed E-state index contributed by atoms with van der Waals surface area (Å²) in [6.07, 6.45) is 2.33. The summed E-state index contributed by atoms with van der Waals surface area (Å²) in [6.45, 7) is 8.36. The molecule has 1 amide bonds. The van der Waals surface area contributed by atoms with E-state index in [1.807, 2.05) is 26.8 Å². The third-order valence-electron chi connectivity index (χ3n) is 4.21. The monoisotopic (exact) mass is 383 g/mol. The van der Waals surface area contributed by atoms with Crippen molar-refractivity contribution in [3.63, 3.8) is 0 Å². The smallest absolute Gasteiger partial charge is 0.252 e. The Labute approximate surface area is 161 Å². The van der Waals surface area contributed by atoms with Gasteiger partial charge < -0.3 is 11.1 Å². The summed E-state index contributed by atoms with van der Waals surface area (Å²) in [7, 11) is 0. The number of carbonyl (C=O) groups is 1. The third-order valence-corrected chi connectivity index (χ3v) is 4.21. The molecule has 0 unspecified atom stereocenters. The van der Waals surface area contributed by atoms with Crippen LogP contribution < -0.4 is 11.1 Å². The molecule has 1 saturated carbocycles. The molecule has 1 fully saturated rings. The average Bonchev–Trinajstić information content (AvgIpc) is 3.27. The highest BCUT2D eigenvalue weighted by atomic mass is 35.5. The van der Waals surface area contributed by atoms with Crippen molar-refractivity contribution in [2.24, 2.45) is 5.73 Å². The van der Waals surface area contributed by atoms with Gasteiger partial charge in [-0.15, -0.1) is 24.8 Å². The van der Waals surface area contributed by atoms with E-state index < -0.39 is 5.54 Å². The molecule has 1 aliphatic rings. The number of nitrogens with one attached hydrogen (secondary N) is 1. The number of nitrogens with zero attached hydrogens (tertiary/aromatic N) is 1. The molecule has 1 aromatic carbocycles. The minimum atomic E-state index is -0.427. The molecule has 0 radical (unpaired) electrons. The lowest BCUT2D eigenvalue weighted by atomic mass is 10.00. The third kappa shape index (κ3) is 5.06. The number of aryl methyl sites for hydroxylation is 2. The first kappa shape index (κ1) is 21.7. The van der Waals surface area contributed by atoms with Crippen molar-refractivity contribution in [3.05, 3.63) is 40.6 Å². The Morgan fingerprint density at radius 2 is 1.88 bits per heavy atom. The van der Waals surface area contributed by atoms with Gasteiger partial charge >= 0.3 is 0 Å². The van der Waals surface area contributed by atoms with E-state index >= 15 is 0 Å². The highest BCUT2D eigenvalue weighted by Gasteiger charge is 2.27. The minimum Gasteiger partial charge on any atom is -0.350 e. The van der Waals surface area contributed by atoms with E-state index in [-0.39, 0.29) is 30.7 Å². The van der Waals surface area contributed by atoms with Gasteiger partial charge in [0.2, 0.25) is 0 Å². The average molecular weight is 384 g/mol. The number of benzene rings is 1. The summed E-state index contributed by atoms with van der Waals surface area (Å²) in [4.78, 5) is 17.6. The fraction of sp³-hybridized carbons (Fsp3) is 0.474. The second-order valence-electron chi connectivity index (χ2n) is 7.52. The Morgan fingerprint density at radius 3 is 2.44 bits per heavy atom. The van der Waals surface area contributed by atoms with Crippen LogP contribution in [-0.2, 0) is 0 Å². The summed E-state index contributed by atoms with van der Waals surface area (Å²) in [5.41, 5.74) is 10.5. The predicted molar refractivity (Wildman–Crippen MR) is 108 cm³/mol. The molecule has 2 aromatic rings. The zero-order valence-corrected chi connectivity index (χ0v) is 16.8. The summed E-state index contributed by atoms with van der Waals surface area (Å²) < 4.78 is 0. The number of halogens is 2. The molecule has 1 aliphatic carbocycles. The van der Waals surface area contributed by atoms with Crippen LogP contribution in [0.5, 0.6) is 0 Å². The maximum Gasteiger partial charge on any atom is 0.252 e. The molecule has 6 heteroatoms. The van der Waals surface area contributed by atoms with Gasteiger partial charge in [-0.3, -0.25) is 9.78 Å².